The van der Waals surface area contributed by atoms with Gasteiger partial charge in [0, 0.05) is 28.2 Å². The van der Waals surface area contributed by atoms with E-state index < -0.39 is 0 Å². The number of carbonyl (C=O) groups excluding carboxylic acids is 2. The van der Waals surface area contributed by atoms with E-state index in [1.165, 1.54) is 6.42 Å². The van der Waals surface area contributed by atoms with Crippen molar-refractivity contribution in [3.63, 3.8) is 0 Å². The lowest BCUT2D eigenvalue weighted by Gasteiger charge is -2.61. The van der Waals surface area contributed by atoms with Crippen LogP contribution < -0.4 is 0 Å². The van der Waals surface area contributed by atoms with Gasteiger partial charge in [-0.05, 0) is 50.4 Å². The van der Waals surface area contributed by atoms with Crippen LogP contribution in [0.3, 0.4) is 0 Å². The van der Waals surface area contributed by atoms with E-state index in [0.717, 1.165) is 32.1 Å². The molecule has 0 heterocycles. The first-order valence-corrected chi connectivity index (χ1v) is 7.72. The van der Waals surface area contributed by atoms with Crippen molar-refractivity contribution in [2.75, 3.05) is 28.2 Å². The molecule has 0 spiro atoms. The predicted molar refractivity (Wildman–Crippen MR) is 76.9 cm³/mol. The maximum Gasteiger partial charge on any atom is 0.228 e. The normalized spacial score (nSPS) is 41.6. The average Bonchev–Trinajstić information content (AvgIpc) is 2.35. The molecule has 4 aliphatic rings. The van der Waals surface area contributed by atoms with Crippen LogP contribution in [0.25, 0.3) is 0 Å². The van der Waals surface area contributed by atoms with Crippen molar-refractivity contribution in [2.45, 2.75) is 38.5 Å². The Labute approximate surface area is 121 Å². The van der Waals surface area contributed by atoms with Gasteiger partial charge in [0.1, 0.15) is 0 Å². The third-order valence-corrected chi connectivity index (χ3v) is 5.78. The maximum absolute atomic E-state index is 12.7. The lowest BCUT2D eigenvalue weighted by atomic mass is 9.43. The topological polar surface area (TPSA) is 40.6 Å². The zero-order chi connectivity index (χ0) is 14.7. The average molecular weight is 278 g/mol. The summed E-state index contributed by atoms with van der Waals surface area (Å²) in [6.45, 7) is 0. The van der Waals surface area contributed by atoms with Crippen molar-refractivity contribution >= 4 is 11.8 Å². The summed E-state index contributed by atoms with van der Waals surface area (Å²) in [6.07, 6.45) is 6.02. The second-order valence-electron chi connectivity index (χ2n) is 7.92. The van der Waals surface area contributed by atoms with Crippen molar-refractivity contribution in [3.8, 4) is 0 Å². The summed E-state index contributed by atoms with van der Waals surface area (Å²) in [6, 6.07) is 0. The molecule has 4 heteroatoms. The van der Waals surface area contributed by atoms with Crippen molar-refractivity contribution in [1.29, 1.82) is 0 Å². The highest BCUT2D eigenvalue weighted by Crippen LogP contribution is 2.66. The van der Waals surface area contributed by atoms with Crippen LogP contribution >= 0.6 is 0 Å². The maximum atomic E-state index is 12.7. The van der Waals surface area contributed by atoms with Gasteiger partial charge in [-0.15, -0.1) is 0 Å². The molecule has 4 nitrogen and oxygen atoms in total. The van der Waals surface area contributed by atoms with Gasteiger partial charge in [-0.2, -0.15) is 0 Å². The number of nitrogens with zero attached hydrogens (tertiary/aromatic N) is 2. The molecule has 0 saturated heterocycles. The minimum Gasteiger partial charge on any atom is -0.348 e. The van der Waals surface area contributed by atoms with E-state index >= 15 is 0 Å². The van der Waals surface area contributed by atoms with Gasteiger partial charge in [0.05, 0.1) is 10.8 Å². The predicted octanol–water partition coefficient (Wildman–Crippen LogP) is 1.75. The Morgan fingerprint density at radius 1 is 0.800 bits per heavy atom. The van der Waals surface area contributed by atoms with Crippen molar-refractivity contribution in [2.24, 2.45) is 22.7 Å². The molecule has 0 aromatic carbocycles. The lowest BCUT2D eigenvalue weighted by Crippen LogP contribution is -2.61. The van der Waals surface area contributed by atoms with Crippen LogP contribution in [-0.4, -0.2) is 49.8 Å². The Hall–Kier alpha value is -1.06. The zero-order valence-electron chi connectivity index (χ0n) is 13.1. The molecular formula is C16H26N2O2. The summed E-state index contributed by atoms with van der Waals surface area (Å²) in [7, 11) is 7.39. The Bertz CT molecular complexity index is 403. The second-order valence-corrected chi connectivity index (χ2v) is 7.92. The van der Waals surface area contributed by atoms with E-state index in [-0.39, 0.29) is 22.6 Å². The third kappa shape index (κ3) is 1.80. The molecule has 4 bridgehead atoms. The fourth-order valence-corrected chi connectivity index (χ4v) is 5.71. The number of rotatable bonds is 2. The van der Waals surface area contributed by atoms with Crippen molar-refractivity contribution in [3.05, 3.63) is 0 Å². The summed E-state index contributed by atoms with van der Waals surface area (Å²) < 4.78 is 0. The summed E-state index contributed by atoms with van der Waals surface area (Å²) in [5.41, 5.74) is -0.501. The van der Waals surface area contributed by atoms with Gasteiger partial charge in [-0.1, -0.05) is 0 Å². The van der Waals surface area contributed by atoms with Crippen molar-refractivity contribution in [1.82, 2.24) is 9.80 Å². The second kappa shape index (κ2) is 4.22. The molecule has 2 amide bonds. The van der Waals surface area contributed by atoms with E-state index in [9.17, 15) is 9.59 Å². The monoisotopic (exact) mass is 278 g/mol. The summed E-state index contributed by atoms with van der Waals surface area (Å²) >= 11 is 0. The Morgan fingerprint density at radius 3 is 1.45 bits per heavy atom. The molecule has 112 valence electrons. The number of carbonyl (C=O) groups is 2. The molecule has 0 aromatic rings. The number of hydrogen-bond donors (Lipinski definition) is 0. The number of amides is 2. The van der Waals surface area contributed by atoms with Crippen LogP contribution in [0.4, 0.5) is 0 Å². The van der Waals surface area contributed by atoms with Crippen LogP contribution in [0.5, 0.6) is 0 Å². The van der Waals surface area contributed by atoms with Gasteiger partial charge in [-0.3, -0.25) is 9.59 Å². The molecule has 4 fully saturated rings. The fourth-order valence-electron chi connectivity index (χ4n) is 5.71. The van der Waals surface area contributed by atoms with Crippen LogP contribution in [0.15, 0.2) is 0 Å². The highest BCUT2D eigenvalue weighted by Gasteiger charge is 2.63. The first-order valence-electron chi connectivity index (χ1n) is 7.72. The molecular weight excluding hydrogens is 252 g/mol. The molecule has 0 radical (unpaired) electrons. The molecule has 0 atom stereocenters. The van der Waals surface area contributed by atoms with Crippen LogP contribution in [0, 0.1) is 22.7 Å². The smallest absolute Gasteiger partial charge is 0.228 e. The summed E-state index contributed by atoms with van der Waals surface area (Å²) in [5.74, 6) is 1.65. The van der Waals surface area contributed by atoms with Gasteiger partial charge in [0.25, 0.3) is 0 Å². The van der Waals surface area contributed by atoms with E-state index in [4.69, 9.17) is 0 Å². The first kappa shape index (κ1) is 13.9. The standard InChI is InChI=1S/C16H26N2O2/c1-17(2)13(19)15-6-11-5-12(7-15)9-16(8-11,10-15)14(20)18(3)4/h11-12H,5-10H2,1-4H3. The third-order valence-electron chi connectivity index (χ3n) is 5.78. The van der Waals surface area contributed by atoms with Gasteiger partial charge < -0.3 is 9.80 Å². The van der Waals surface area contributed by atoms with Crippen LogP contribution in [0.2, 0.25) is 0 Å². The highest BCUT2D eigenvalue weighted by molar-refractivity contribution is 5.87. The molecule has 0 aliphatic heterocycles. The van der Waals surface area contributed by atoms with Crippen molar-refractivity contribution < 1.29 is 9.59 Å². The number of hydrogen-bond acceptors (Lipinski definition) is 2. The van der Waals surface area contributed by atoms with Gasteiger partial charge in [0.2, 0.25) is 11.8 Å². The Kier molecular flexibility index (Phi) is 2.93. The first-order chi connectivity index (χ1) is 9.28. The minimum absolute atomic E-state index is 0.251. The lowest BCUT2D eigenvalue weighted by molar-refractivity contribution is -0.176. The Balaban J connectivity index is 1.97. The minimum atomic E-state index is -0.251. The largest absolute Gasteiger partial charge is 0.348 e. The van der Waals surface area contributed by atoms with Crippen LogP contribution in [0.1, 0.15) is 38.5 Å². The van der Waals surface area contributed by atoms with Crippen LogP contribution in [-0.2, 0) is 9.59 Å². The molecule has 4 aliphatic carbocycles. The molecule has 4 saturated carbocycles. The highest BCUT2D eigenvalue weighted by atomic mass is 16.2. The summed E-state index contributed by atoms with van der Waals surface area (Å²) in [4.78, 5) is 28.9. The fraction of sp³-hybridized carbons (Fsp3) is 0.875. The van der Waals surface area contributed by atoms with E-state index in [2.05, 4.69) is 0 Å². The van der Waals surface area contributed by atoms with E-state index in [1.54, 1.807) is 9.80 Å². The van der Waals surface area contributed by atoms with E-state index in [0.29, 0.717) is 11.8 Å². The van der Waals surface area contributed by atoms with Gasteiger partial charge >= 0.3 is 0 Å². The van der Waals surface area contributed by atoms with Gasteiger partial charge in [-0.25, -0.2) is 0 Å². The molecule has 0 N–H and O–H groups in total. The molecule has 4 rings (SSSR count). The Morgan fingerprint density at radius 2 is 1.15 bits per heavy atom. The molecule has 20 heavy (non-hydrogen) atoms. The molecule has 0 aromatic heterocycles. The van der Waals surface area contributed by atoms with E-state index in [1.807, 2.05) is 28.2 Å². The quantitative estimate of drug-likeness (QED) is 0.772. The summed E-state index contributed by atoms with van der Waals surface area (Å²) in [5, 5.41) is 0. The SMILES string of the molecule is CN(C)C(=O)C12CC3CC(C1)CC(C(=O)N(C)C)(C3)C2. The van der Waals surface area contributed by atoms with Gasteiger partial charge in [0.15, 0.2) is 0 Å². The molecule has 0 unspecified atom stereocenters. The zero-order valence-corrected chi connectivity index (χ0v) is 13.1.